The molecule has 1 aliphatic carbocycles. The third kappa shape index (κ3) is 5.55. The Balaban J connectivity index is 1.45. The maximum absolute atomic E-state index is 13.0. The van der Waals surface area contributed by atoms with Crippen LogP contribution in [0.2, 0.25) is 0 Å². The fraction of sp³-hybridized carbons (Fsp3) is 0.600. The van der Waals surface area contributed by atoms with Gasteiger partial charge in [0, 0.05) is 26.2 Å². The smallest absolute Gasteiger partial charge is 0.391 e. The van der Waals surface area contributed by atoms with Gasteiger partial charge in [-0.15, -0.1) is 0 Å². The average molecular weight is 412 g/mol. The van der Waals surface area contributed by atoms with Gasteiger partial charge in [0.1, 0.15) is 5.75 Å². The van der Waals surface area contributed by atoms with Gasteiger partial charge in [-0.05, 0) is 37.8 Å². The molecule has 0 spiro atoms. The number of benzene rings is 1. The highest BCUT2D eigenvalue weighted by Gasteiger charge is 2.42. The predicted octanol–water partition coefficient (Wildman–Crippen LogP) is 3.09. The van der Waals surface area contributed by atoms with Crippen LogP contribution in [0.25, 0.3) is 0 Å². The summed E-state index contributed by atoms with van der Waals surface area (Å²) >= 11 is 0. The SMILES string of the molecule is CN=C(NCCCN1C(=O)COc2ccccc21)NC1CCCC(C(F)(F)F)C1. The molecule has 0 aromatic heterocycles. The minimum Gasteiger partial charge on any atom is -0.482 e. The molecule has 6 nitrogen and oxygen atoms in total. The number of para-hydroxylation sites is 2. The van der Waals surface area contributed by atoms with Crippen molar-refractivity contribution in [2.45, 2.75) is 44.3 Å². The van der Waals surface area contributed by atoms with Gasteiger partial charge in [0.15, 0.2) is 12.6 Å². The van der Waals surface area contributed by atoms with E-state index in [0.29, 0.717) is 44.1 Å². The maximum Gasteiger partial charge on any atom is 0.391 e. The van der Waals surface area contributed by atoms with Crippen LogP contribution in [-0.2, 0) is 4.79 Å². The number of ether oxygens (including phenoxy) is 1. The van der Waals surface area contributed by atoms with Crippen LogP contribution in [-0.4, -0.2) is 50.8 Å². The second kappa shape index (κ2) is 9.37. The van der Waals surface area contributed by atoms with Gasteiger partial charge in [0.25, 0.3) is 5.91 Å². The van der Waals surface area contributed by atoms with Gasteiger partial charge >= 0.3 is 6.18 Å². The van der Waals surface area contributed by atoms with Crippen LogP contribution in [0.5, 0.6) is 5.75 Å². The molecule has 29 heavy (non-hydrogen) atoms. The average Bonchev–Trinajstić information content (AvgIpc) is 2.71. The number of amides is 1. The number of fused-ring (bicyclic) bond motifs is 1. The van der Waals surface area contributed by atoms with E-state index < -0.39 is 12.1 Å². The Kier molecular flexibility index (Phi) is 6.87. The van der Waals surface area contributed by atoms with Gasteiger partial charge < -0.3 is 20.3 Å². The van der Waals surface area contributed by atoms with Crippen LogP contribution in [0.3, 0.4) is 0 Å². The first kappa shape index (κ1) is 21.3. The summed E-state index contributed by atoms with van der Waals surface area (Å²) < 4.78 is 44.4. The number of carbonyl (C=O) groups excluding carboxylic acids is 1. The molecule has 1 heterocycles. The van der Waals surface area contributed by atoms with E-state index in [-0.39, 0.29) is 31.4 Å². The van der Waals surface area contributed by atoms with E-state index in [2.05, 4.69) is 15.6 Å². The minimum atomic E-state index is -4.14. The second-order valence-electron chi connectivity index (χ2n) is 7.40. The first-order valence-electron chi connectivity index (χ1n) is 9.94. The van der Waals surface area contributed by atoms with Crippen LogP contribution in [0.15, 0.2) is 29.3 Å². The Morgan fingerprint density at radius 1 is 1.31 bits per heavy atom. The zero-order chi connectivity index (χ0) is 20.9. The highest BCUT2D eigenvalue weighted by Crippen LogP contribution is 2.37. The zero-order valence-corrected chi connectivity index (χ0v) is 16.5. The Bertz CT molecular complexity index is 739. The van der Waals surface area contributed by atoms with Gasteiger partial charge in [-0.3, -0.25) is 9.79 Å². The molecule has 9 heteroatoms. The maximum atomic E-state index is 13.0. The molecule has 2 atom stereocenters. The molecule has 2 unspecified atom stereocenters. The predicted molar refractivity (Wildman–Crippen MR) is 105 cm³/mol. The van der Waals surface area contributed by atoms with E-state index in [1.807, 2.05) is 24.3 Å². The summed E-state index contributed by atoms with van der Waals surface area (Å²) in [5.41, 5.74) is 0.756. The van der Waals surface area contributed by atoms with Crippen molar-refractivity contribution in [2.24, 2.45) is 10.9 Å². The lowest BCUT2D eigenvalue weighted by Crippen LogP contribution is -2.47. The van der Waals surface area contributed by atoms with E-state index in [9.17, 15) is 18.0 Å². The highest BCUT2D eigenvalue weighted by atomic mass is 19.4. The van der Waals surface area contributed by atoms with Crippen molar-refractivity contribution >= 4 is 17.6 Å². The van der Waals surface area contributed by atoms with Gasteiger partial charge in [-0.25, -0.2) is 0 Å². The molecule has 3 rings (SSSR count). The number of nitrogens with zero attached hydrogens (tertiary/aromatic N) is 2. The summed E-state index contributed by atoms with van der Waals surface area (Å²) in [6, 6.07) is 7.15. The minimum absolute atomic E-state index is 0.0235. The summed E-state index contributed by atoms with van der Waals surface area (Å²) in [4.78, 5) is 18.0. The van der Waals surface area contributed by atoms with E-state index in [1.54, 1.807) is 11.9 Å². The van der Waals surface area contributed by atoms with Crippen molar-refractivity contribution in [1.29, 1.82) is 0 Å². The van der Waals surface area contributed by atoms with Crippen LogP contribution >= 0.6 is 0 Å². The number of halogens is 3. The lowest BCUT2D eigenvalue weighted by atomic mass is 9.85. The Morgan fingerprint density at radius 2 is 2.10 bits per heavy atom. The number of anilines is 1. The number of rotatable bonds is 5. The van der Waals surface area contributed by atoms with Crippen molar-refractivity contribution in [2.75, 3.05) is 31.6 Å². The molecule has 2 N–H and O–H groups in total. The number of aliphatic imine (C=N–C) groups is 1. The largest absolute Gasteiger partial charge is 0.482 e. The van der Waals surface area contributed by atoms with Crippen molar-refractivity contribution < 1.29 is 22.7 Å². The number of hydrogen-bond acceptors (Lipinski definition) is 3. The lowest BCUT2D eigenvalue weighted by Gasteiger charge is -2.32. The van der Waals surface area contributed by atoms with Crippen molar-refractivity contribution in [3.05, 3.63) is 24.3 Å². The quantitative estimate of drug-likeness (QED) is 0.443. The standard InChI is InChI=1S/C20H27F3N4O2/c1-24-19(26-15-7-4-6-14(12-15)20(21,22)23)25-10-5-11-27-16-8-2-3-9-17(16)29-13-18(27)28/h2-3,8-9,14-15H,4-7,10-13H2,1H3,(H2,24,25,26). The molecule has 1 aliphatic heterocycles. The summed E-state index contributed by atoms with van der Waals surface area (Å²) in [7, 11) is 1.60. The molecule has 1 aromatic rings. The lowest BCUT2D eigenvalue weighted by molar-refractivity contribution is -0.183. The Hall–Kier alpha value is -2.45. The normalized spacial score (nSPS) is 22.7. The van der Waals surface area contributed by atoms with Crippen LogP contribution in [0.1, 0.15) is 32.1 Å². The van der Waals surface area contributed by atoms with Crippen LogP contribution in [0, 0.1) is 5.92 Å². The molecule has 1 aromatic carbocycles. The first-order valence-corrected chi connectivity index (χ1v) is 9.94. The number of hydrogen-bond donors (Lipinski definition) is 2. The van der Waals surface area contributed by atoms with Crippen molar-refractivity contribution in [3.8, 4) is 5.75 Å². The first-order chi connectivity index (χ1) is 13.9. The monoisotopic (exact) mass is 412 g/mol. The summed E-state index contributed by atoms with van der Waals surface area (Å²) in [6.07, 6.45) is -1.95. The summed E-state index contributed by atoms with van der Waals surface area (Å²) in [5.74, 6) is -0.161. The van der Waals surface area contributed by atoms with Gasteiger partial charge in [0.05, 0.1) is 11.6 Å². The van der Waals surface area contributed by atoms with E-state index in [1.165, 1.54) is 0 Å². The zero-order valence-electron chi connectivity index (χ0n) is 16.5. The molecule has 1 fully saturated rings. The molecule has 0 bridgehead atoms. The third-order valence-corrected chi connectivity index (χ3v) is 5.36. The molecular weight excluding hydrogens is 385 g/mol. The van der Waals surface area contributed by atoms with E-state index in [4.69, 9.17) is 4.74 Å². The highest BCUT2D eigenvalue weighted by molar-refractivity contribution is 5.97. The van der Waals surface area contributed by atoms with E-state index in [0.717, 1.165) is 5.69 Å². The van der Waals surface area contributed by atoms with Gasteiger partial charge in [-0.1, -0.05) is 18.6 Å². The molecule has 0 saturated heterocycles. The molecule has 2 aliphatic rings. The Labute approximate surface area is 168 Å². The number of nitrogens with one attached hydrogen (secondary N) is 2. The fourth-order valence-corrected chi connectivity index (χ4v) is 3.85. The van der Waals surface area contributed by atoms with Crippen LogP contribution in [0.4, 0.5) is 18.9 Å². The number of alkyl halides is 3. The third-order valence-electron chi connectivity index (χ3n) is 5.36. The van der Waals surface area contributed by atoms with Gasteiger partial charge in [-0.2, -0.15) is 13.2 Å². The summed E-state index contributed by atoms with van der Waals surface area (Å²) in [6.45, 7) is 1.08. The molecular formula is C20H27F3N4O2. The fourth-order valence-electron chi connectivity index (χ4n) is 3.85. The van der Waals surface area contributed by atoms with E-state index >= 15 is 0 Å². The van der Waals surface area contributed by atoms with Gasteiger partial charge in [0.2, 0.25) is 0 Å². The summed E-state index contributed by atoms with van der Waals surface area (Å²) in [5, 5.41) is 6.25. The number of guanidine groups is 1. The van der Waals surface area contributed by atoms with Crippen molar-refractivity contribution in [1.82, 2.24) is 10.6 Å². The number of carbonyl (C=O) groups is 1. The molecule has 0 radical (unpaired) electrons. The Morgan fingerprint density at radius 3 is 2.86 bits per heavy atom. The molecule has 1 amide bonds. The molecule has 160 valence electrons. The molecule has 1 saturated carbocycles. The second-order valence-corrected chi connectivity index (χ2v) is 7.40. The van der Waals surface area contributed by atoms with Crippen molar-refractivity contribution in [3.63, 3.8) is 0 Å². The van der Waals surface area contributed by atoms with Crippen LogP contribution < -0.4 is 20.3 Å². The topological polar surface area (TPSA) is 66.0 Å².